The van der Waals surface area contributed by atoms with Gasteiger partial charge in [-0.3, -0.25) is 4.79 Å². The minimum absolute atomic E-state index is 0.0702. The molecule has 92 valence electrons. The van der Waals surface area contributed by atoms with Crippen LogP contribution in [0.5, 0.6) is 0 Å². The highest BCUT2D eigenvalue weighted by molar-refractivity contribution is 6.80. The monoisotopic (exact) mass is 240 g/mol. The summed E-state index contributed by atoms with van der Waals surface area (Å²) in [5.41, 5.74) is 0.857. The summed E-state index contributed by atoms with van der Waals surface area (Å²) in [6, 6.07) is 0. The van der Waals surface area contributed by atoms with E-state index in [4.69, 9.17) is 0 Å². The Bertz CT molecular complexity index is 276. The zero-order chi connectivity index (χ0) is 12.9. The molecule has 0 spiro atoms. The highest BCUT2D eigenvalue weighted by Crippen LogP contribution is 2.34. The lowest BCUT2D eigenvalue weighted by Gasteiger charge is -2.31. The minimum atomic E-state index is -1.71. The normalized spacial score (nSPS) is 15.2. The molecular formula is C13H24O2Si. The van der Waals surface area contributed by atoms with Crippen LogP contribution in [0.2, 0.25) is 25.2 Å². The Morgan fingerprint density at radius 3 is 2.19 bits per heavy atom. The highest BCUT2D eigenvalue weighted by atomic mass is 28.3. The summed E-state index contributed by atoms with van der Waals surface area (Å²) in [4.78, 5) is 11.4. The number of allylic oxidation sites excluding steroid dienone is 2. The molecule has 16 heavy (non-hydrogen) atoms. The quantitative estimate of drug-likeness (QED) is 0.540. The van der Waals surface area contributed by atoms with Crippen molar-refractivity contribution in [2.24, 2.45) is 5.92 Å². The van der Waals surface area contributed by atoms with Gasteiger partial charge in [0.1, 0.15) is 0 Å². The molecule has 0 unspecified atom stereocenters. The van der Waals surface area contributed by atoms with E-state index in [9.17, 15) is 9.90 Å². The maximum atomic E-state index is 11.4. The minimum Gasteiger partial charge on any atom is -0.481 e. The lowest BCUT2D eigenvalue weighted by Crippen LogP contribution is -2.38. The molecule has 2 nitrogen and oxygen atoms in total. The molecule has 0 aliphatic carbocycles. The fourth-order valence-electron chi connectivity index (χ4n) is 2.03. The van der Waals surface area contributed by atoms with Crippen molar-refractivity contribution in [1.29, 1.82) is 0 Å². The van der Waals surface area contributed by atoms with Crippen molar-refractivity contribution in [2.75, 3.05) is 0 Å². The lowest BCUT2D eigenvalue weighted by molar-refractivity contribution is -0.137. The van der Waals surface area contributed by atoms with Crippen molar-refractivity contribution in [1.82, 2.24) is 0 Å². The van der Waals surface area contributed by atoms with Gasteiger partial charge < -0.3 is 5.11 Å². The van der Waals surface area contributed by atoms with E-state index in [0.29, 0.717) is 0 Å². The van der Waals surface area contributed by atoms with Crippen LogP contribution in [0.3, 0.4) is 0 Å². The van der Waals surface area contributed by atoms with Crippen molar-refractivity contribution in [3.8, 4) is 0 Å². The molecule has 0 fully saturated rings. The molecule has 0 aromatic carbocycles. The number of carbonyl (C=O) groups is 1. The SMILES string of the molecule is C=C[C@H](CCC(=C)C)[C@H](C(=O)O)[Si](C)(C)C. The summed E-state index contributed by atoms with van der Waals surface area (Å²) < 4.78 is 0. The average molecular weight is 240 g/mol. The lowest BCUT2D eigenvalue weighted by atomic mass is 9.97. The maximum absolute atomic E-state index is 11.4. The number of hydrogen-bond acceptors (Lipinski definition) is 1. The predicted octanol–water partition coefficient (Wildman–Crippen LogP) is 3.94. The highest BCUT2D eigenvalue weighted by Gasteiger charge is 2.37. The number of carboxylic acid groups (broad SMARTS) is 1. The van der Waals surface area contributed by atoms with Crippen molar-refractivity contribution in [3.63, 3.8) is 0 Å². The fourth-order valence-corrected chi connectivity index (χ4v) is 4.36. The van der Waals surface area contributed by atoms with Gasteiger partial charge in [-0.1, -0.05) is 31.3 Å². The summed E-state index contributed by atoms with van der Waals surface area (Å²) in [5, 5.41) is 9.34. The Labute approximate surface area is 100 Å². The Morgan fingerprint density at radius 1 is 1.44 bits per heavy atom. The molecular weight excluding hydrogens is 216 g/mol. The first-order chi connectivity index (χ1) is 7.20. The molecule has 3 heteroatoms. The molecule has 0 rings (SSSR count). The first-order valence-corrected chi connectivity index (χ1v) is 9.27. The Hall–Kier alpha value is -0.833. The third-order valence-electron chi connectivity index (χ3n) is 2.83. The van der Waals surface area contributed by atoms with Gasteiger partial charge in [0.2, 0.25) is 0 Å². The van der Waals surface area contributed by atoms with Gasteiger partial charge in [0.25, 0.3) is 0 Å². The van der Waals surface area contributed by atoms with Crippen molar-refractivity contribution in [2.45, 2.75) is 44.9 Å². The van der Waals surface area contributed by atoms with E-state index in [1.54, 1.807) is 6.08 Å². The molecule has 0 bridgehead atoms. The van der Waals surface area contributed by atoms with Crippen LogP contribution in [0.15, 0.2) is 24.8 Å². The molecule has 0 aromatic heterocycles. The topological polar surface area (TPSA) is 37.3 Å². The summed E-state index contributed by atoms with van der Waals surface area (Å²) in [5.74, 6) is -0.605. The van der Waals surface area contributed by atoms with Crippen LogP contribution in [0.25, 0.3) is 0 Å². The fraction of sp³-hybridized carbons (Fsp3) is 0.615. The first-order valence-electron chi connectivity index (χ1n) is 5.70. The van der Waals surface area contributed by atoms with E-state index in [1.165, 1.54) is 0 Å². The third-order valence-corrected chi connectivity index (χ3v) is 5.38. The molecule has 0 radical (unpaired) electrons. The van der Waals surface area contributed by atoms with E-state index in [-0.39, 0.29) is 11.5 Å². The molecule has 0 saturated carbocycles. The largest absolute Gasteiger partial charge is 0.481 e. The van der Waals surface area contributed by atoms with Crippen molar-refractivity contribution in [3.05, 3.63) is 24.8 Å². The van der Waals surface area contributed by atoms with E-state index in [2.05, 4.69) is 32.8 Å². The van der Waals surface area contributed by atoms with Crippen LogP contribution < -0.4 is 0 Å². The first kappa shape index (κ1) is 15.2. The third kappa shape index (κ3) is 4.79. The van der Waals surface area contributed by atoms with Gasteiger partial charge in [-0.25, -0.2) is 0 Å². The van der Waals surface area contributed by atoms with Crippen molar-refractivity contribution >= 4 is 14.0 Å². The van der Waals surface area contributed by atoms with Crippen LogP contribution in [-0.4, -0.2) is 19.1 Å². The Morgan fingerprint density at radius 2 is 1.94 bits per heavy atom. The Balaban J connectivity index is 4.80. The maximum Gasteiger partial charge on any atom is 0.304 e. The number of aliphatic carboxylic acids is 1. The van der Waals surface area contributed by atoms with Gasteiger partial charge >= 0.3 is 5.97 Å². The van der Waals surface area contributed by atoms with E-state index >= 15 is 0 Å². The van der Waals surface area contributed by atoms with Crippen LogP contribution in [0.4, 0.5) is 0 Å². The van der Waals surface area contributed by atoms with Crippen LogP contribution in [0.1, 0.15) is 19.8 Å². The molecule has 0 saturated heterocycles. The molecule has 2 atom stereocenters. The summed E-state index contributed by atoms with van der Waals surface area (Å²) >= 11 is 0. The van der Waals surface area contributed by atoms with Crippen LogP contribution >= 0.6 is 0 Å². The summed E-state index contributed by atoms with van der Waals surface area (Å²) in [6.45, 7) is 15.9. The zero-order valence-electron chi connectivity index (χ0n) is 10.9. The van der Waals surface area contributed by atoms with E-state index in [0.717, 1.165) is 18.4 Å². The van der Waals surface area contributed by atoms with Gasteiger partial charge in [0.15, 0.2) is 0 Å². The molecule has 0 amide bonds. The Kier molecular flexibility index (Phi) is 5.72. The van der Waals surface area contributed by atoms with Gasteiger partial charge in [-0.05, 0) is 25.7 Å². The average Bonchev–Trinajstić information content (AvgIpc) is 2.08. The zero-order valence-corrected chi connectivity index (χ0v) is 11.9. The second-order valence-corrected chi connectivity index (χ2v) is 10.9. The molecule has 0 aromatic rings. The van der Waals surface area contributed by atoms with Crippen molar-refractivity contribution < 1.29 is 9.90 Å². The second kappa shape index (κ2) is 6.04. The van der Waals surface area contributed by atoms with Crippen LogP contribution in [-0.2, 0) is 4.79 Å². The number of carboxylic acids is 1. The standard InChI is InChI=1S/C13H24O2Si/c1-7-11(9-8-10(2)3)12(13(14)15)16(4,5)6/h7,11-12H,1-2,8-9H2,3-6H3,(H,14,15)/t11-,12-/m1/s1. The molecule has 0 aliphatic rings. The smallest absolute Gasteiger partial charge is 0.304 e. The second-order valence-electron chi connectivity index (χ2n) is 5.58. The summed E-state index contributed by atoms with van der Waals surface area (Å²) in [7, 11) is -1.71. The molecule has 0 heterocycles. The van der Waals surface area contributed by atoms with Gasteiger partial charge in [-0.2, -0.15) is 0 Å². The number of hydrogen-bond donors (Lipinski definition) is 1. The molecule has 1 N–H and O–H groups in total. The predicted molar refractivity (Wildman–Crippen MR) is 72.5 cm³/mol. The summed E-state index contributed by atoms with van der Waals surface area (Å²) in [6.07, 6.45) is 3.53. The van der Waals surface area contributed by atoms with E-state index < -0.39 is 14.0 Å². The van der Waals surface area contributed by atoms with Gasteiger partial charge in [0, 0.05) is 0 Å². The number of rotatable bonds is 7. The van der Waals surface area contributed by atoms with Gasteiger partial charge in [-0.15, -0.1) is 13.2 Å². The van der Waals surface area contributed by atoms with Gasteiger partial charge in [0.05, 0.1) is 13.6 Å². The van der Waals surface area contributed by atoms with Crippen LogP contribution in [0, 0.1) is 5.92 Å². The molecule has 0 aliphatic heterocycles. The van der Waals surface area contributed by atoms with E-state index in [1.807, 2.05) is 6.92 Å².